The Bertz CT molecular complexity index is 745. The van der Waals surface area contributed by atoms with Crippen LogP contribution >= 0.6 is 27.3 Å². The lowest BCUT2D eigenvalue weighted by Crippen LogP contribution is -2.04. The minimum absolute atomic E-state index is 0.334. The van der Waals surface area contributed by atoms with Gasteiger partial charge in [-0.05, 0) is 52.5 Å². The first kappa shape index (κ1) is 14.2. The van der Waals surface area contributed by atoms with Crippen LogP contribution < -0.4 is 4.74 Å². The van der Waals surface area contributed by atoms with E-state index in [0.717, 1.165) is 4.88 Å². The molecule has 0 unspecified atom stereocenters. The van der Waals surface area contributed by atoms with E-state index >= 15 is 0 Å². The van der Waals surface area contributed by atoms with Crippen LogP contribution in [0.5, 0.6) is 5.75 Å². The van der Waals surface area contributed by atoms with E-state index < -0.39 is 6.10 Å². The van der Waals surface area contributed by atoms with E-state index in [-0.39, 0.29) is 5.82 Å². The van der Waals surface area contributed by atoms with Gasteiger partial charge in [-0.2, -0.15) is 0 Å². The fourth-order valence-corrected chi connectivity index (χ4v) is 2.80. The molecular formula is C14H10BrFN2O2S. The van der Waals surface area contributed by atoms with Crippen molar-refractivity contribution in [3.63, 3.8) is 0 Å². The van der Waals surface area contributed by atoms with Crippen LogP contribution in [0.4, 0.5) is 4.39 Å². The largest absolute Gasteiger partial charge is 0.480 e. The fourth-order valence-electron chi connectivity index (χ4n) is 1.71. The Balaban J connectivity index is 1.78. The van der Waals surface area contributed by atoms with Crippen LogP contribution in [0.2, 0.25) is 0 Å². The third kappa shape index (κ3) is 3.14. The maximum atomic E-state index is 13.0. The van der Waals surface area contributed by atoms with Gasteiger partial charge < -0.3 is 9.15 Å². The highest BCUT2D eigenvalue weighted by atomic mass is 79.9. The SMILES string of the molecule is C[C@@H](Oc1ccc(F)cc1Br)c1nnc(-c2cccs2)o1. The average Bonchev–Trinajstić information content (AvgIpc) is 3.10. The average molecular weight is 369 g/mol. The number of hydrogen-bond donors (Lipinski definition) is 0. The van der Waals surface area contributed by atoms with Gasteiger partial charge in [-0.25, -0.2) is 4.39 Å². The lowest BCUT2D eigenvalue weighted by Gasteiger charge is -2.12. The van der Waals surface area contributed by atoms with E-state index in [9.17, 15) is 4.39 Å². The van der Waals surface area contributed by atoms with Gasteiger partial charge in [0.15, 0.2) is 6.10 Å². The topological polar surface area (TPSA) is 48.2 Å². The van der Waals surface area contributed by atoms with Crippen molar-refractivity contribution in [1.82, 2.24) is 10.2 Å². The van der Waals surface area contributed by atoms with Crippen LogP contribution in [0.3, 0.4) is 0 Å². The molecule has 2 aromatic heterocycles. The van der Waals surface area contributed by atoms with E-state index in [1.54, 1.807) is 13.0 Å². The highest BCUT2D eigenvalue weighted by Gasteiger charge is 2.18. The molecule has 1 atom stereocenters. The van der Waals surface area contributed by atoms with E-state index in [1.807, 2.05) is 17.5 Å². The van der Waals surface area contributed by atoms with Gasteiger partial charge in [0.1, 0.15) is 11.6 Å². The molecule has 3 aromatic rings. The van der Waals surface area contributed by atoms with Crippen LogP contribution in [-0.2, 0) is 0 Å². The third-order valence-corrected chi connectivity index (χ3v) is 4.20. The van der Waals surface area contributed by atoms with Crippen molar-refractivity contribution in [3.05, 3.63) is 51.9 Å². The number of aromatic nitrogens is 2. The van der Waals surface area contributed by atoms with Crippen LogP contribution in [-0.4, -0.2) is 10.2 Å². The summed E-state index contributed by atoms with van der Waals surface area (Å²) in [6.07, 6.45) is -0.437. The molecule has 0 radical (unpaired) electrons. The van der Waals surface area contributed by atoms with Crippen LogP contribution in [0, 0.1) is 5.82 Å². The molecule has 0 amide bonds. The fraction of sp³-hybridized carbons (Fsp3) is 0.143. The summed E-state index contributed by atoms with van der Waals surface area (Å²) < 4.78 is 24.9. The summed E-state index contributed by atoms with van der Waals surface area (Å²) in [5.41, 5.74) is 0. The van der Waals surface area contributed by atoms with Gasteiger partial charge in [-0.1, -0.05) is 6.07 Å². The van der Waals surface area contributed by atoms with Crippen molar-refractivity contribution >= 4 is 27.3 Å². The molecule has 1 aromatic carbocycles. The van der Waals surface area contributed by atoms with E-state index in [2.05, 4.69) is 26.1 Å². The molecule has 0 aliphatic heterocycles. The number of thiophene rings is 1. The molecule has 0 N–H and O–H groups in total. The number of hydrogen-bond acceptors (Lipinski definition) is 5. The number of nitrogens with zero attached hydrogens (tertiary/aromatic N) is 2. The Kier molecular flexibility index (Phi) is 4.03. The van der Waals surface area contributed by atoms with E-state index in [4.69, 9.17) is 9.15 Å². The standard InChI is InChI=1S/C14H10BrFN2O2S/c1-8(19-11-5-4-9(16)7-10(11)15)13-17-18-14(20-13)12-3-2-6-21-12/h2-8H,1H3/t8-/m1/s1. The third-order valence-electron chi connectivity index (χ3n) is 2.72. The van der Waals surface area contributed by atoms with Gasteiger partial charge >= 0.3 is 0 Å². The molecule has 0 saturated carbocycles. The van der Waals surface area contributed by atoms with Gasteiger partial charge in [0.2, 0.25) is 0 Å². The number of benzene rings is 1. The smallest absolute Gasteiger partial charge is 0.257 e. The zero-order valence-corrected chi connectivity index (χ0v) is 13.3. The maximum Gasteiger partial charge on any atom is 0.257 e. The quantitative estimate of drug-likeness (QED) is 0.660. The maximum absolute atomic E-state index is 13.0. The molecule has 0 spiro atoms. The van der Waals surface area contributed by atoms with Crippen molar-refractivity contribution in [2.75, 3.05) is 0 Å². The number of halogens is 2. The molecule has 2 heterocycles. The molecular weight excluding hydrogens is 359 g/mol. The van der Waals surface area contributed by atoms with Crippen molar-refractivity contribution in [1.29, 1.82) is 0 Å². The summed E-state index contributed by atoms with van der Waals surface area (Å²) in [5, 5.41) is 9.93. The summed E-state index contributed by atoms with van der Waals surface area (Å²) in [6, 6.07) is 8.04. The second-order valence-corrected chi connectivity index (χ2v) is 6.06. The van der Waals surface area contributed by atoms with Crippen LogP contribution in [0.1, 0.15) is 18.9 Å². The summed E-state index contributed by atoms with van der Waals surface area (Å²) in [7, 11) is 0. The Morgan fingerprint density at radius 2 is 2.19 bits per heavy atom. The molecule has 3 rings (SSSR count). The predicted molar refractivity (Wildman–Crippen MR) is 80.8 cm³/mol. The van der Waals surface area contributed by atoms with Gasteiger partial charge in [0.05, 0.1) is 9.35 Å². The monoisotopic (exact) mass is 368 g/mol. The first-order valence-corrected chi connectivity index (χ1v) is 7.80. The lowest BCUT2D eigenvalue weighted by molar-refractivity contribution is 0.188. The Hall–Kier alpha value is -1.73. The van der Waals surface area contributed by atoms with E-state index in [0.29, 0.717) is 22.0 Å². The molecule has 0 aliphatic rings. The number of ether oxygens (including phenoxy) is 1. The predicted octanol–water partition coefficient (Wildman–Crippen LogP) is 4.84. The Labute approximate surface area is 132 Å². The van der Waals surface area contributed by atoms with Crippen molar-refractivity contribution in [2.45, 2.75) is 13.0 Å². The Morgan fingerprint density at radius 1 is 1.33 bits per heavy atom. The second-order valence-electron chi connectivity index (χ2n) is 4.26. The number of rotatable bonds is 4. The van der Waals surface area contributed by atoms with Crippen LogP contribution in [0.15, 0.2) is 44.6 Å². The summed E-state index contributed by atoms with van der Waals surface area (Å²) >= 11 is 4.78. The summed E-state index contributed by atoms with van der Waals surface area (Å²) in [5.74, 6) is 1.02. The zero-order chi connectivity index (χ0) is 14.8. The van der Waals surface area contributed by atoms with Crippen molar-refractivity contribution in [2.24, 2.45) is 0 Å². The molecule has 0 saturated heterocycles. The summed E-state index contributed by atoms with van der Waals surface area (Å²) in [6.45, 7) is 1.79. The first-order chi connectivity index (χ1) is 10.1. The summed E-state index contributed by atoms with van der Waals surface area (Å²) in [4.78, 5) is 0.906. The highest BCUT2D eigenvalue weighted by molar-refractivity contribution is 9.10. The van der Waals surface area contributed by atoms with Gasteiger partial charge in [0, 0.05) is 0 Å². The molecule has 7 heteroatoms. The highest BCUT2D eigenvalue weighted by Crippen LogP contribution is 2.31. The van der Waals surface area contributed by atoms with E-state index in [1.165, 1.54) is 23.5 Å². The zero-order valence-electron chi connectivity index (χ0n) is 10.9. The molecule has 4 nitrogen and oxygen atoms in total. The van der Waals surface area contributed by atoms with Crippen molar-refractivity contribution < 1.29 is 13.5 Å². The first-order valence-electron chi connectivity index (χ1n) is 6.12. The molecule has 21 heavy (non-hydrogen) atoms. The molecule has 0 bridgehead atoms. The van der Waals surface area contributed by atoms with Gasteiger partial charge in [-0.3, -0.25) is 0 Å². The normalized spacial score (nSPS) is 12.3. The lowest BCUT2D eigenvalue weighted by atomic mass is 10.3. The molecule has 108 valence electrons. The minimum atomic E-state index is -0.437. The van der Waals surface area contributed by atoms with Crippen molar-refractivity contribution in [3.8, 4) is 16.5 Å². The molecule has 0 aliphatic carbocycles. The van der Waals surface area contributed by atoms with Gasteiger partial charge in [0.25, 0.3) is 11.8 Å². The second kappa shape index (κ2) is 5.95. The van der Waals surface area contributed by atoms with Gasteiger partial charge in [-0.15, -0.1) is 21.5 Å². The molecule has 0 fully saturated rings. The minimum Gasteiger partial charge on any atom is -0.480 e. The van der Waals surface area contributed by atoms with Crippen LogP contribution in [0.25, 0.3) is 10.8 Å². The Morgan fingerprint density at radius 3 is 2.90 bits per heavy atom.